The Labute approximate surface area is 157 Å². The maximum atomic E-state index is 13.1. The van der Waals surface area contributed by atoms with Crippen LogP contribution in [-0.4, -0.2) is 51.8 Å². The summed E-state index contributed by atoms with van der Waals surface area (Å²) in [4.78, 5) is 15.7. The smallest absolute Gasteiger partial charge is 0.378 e. The number of likely N-dealkylation sites (tertiary alicyclic amines) is 1. The third-order valence-electron chi connectivity index (χ3n) is 5.17. The molecule has 0 bridgehead atoms. The summed E-state index contributed by atoms with van der Waals surface area (Å²) in [6, 6.07) is 3.56. The molecule has 3 rings (SSSR count). The first kappa shape index (κ1) is 19.9. The molecule has 150 valence electrons. The predicted molar refractivity (Wildman–Crippen MR) is 97.1 cm³/mol. The molecule has 2 aliphatic rings. The van der Waals surface area contributed by atoms with Gasteiger partial charge in [0.2, 0.25) is 0 Å². The second-order valence-corrected chi connectivity index (χ2v) is 7.22. The Hall–Kier alpha value is -1.80. The first-order valence-electron chi connectivity index (χ1n) is 9.61. The van der Waals surface area contributed by atoms with Crippen LogP contribution in [0.4, 0.5) is 24.5 Å². The van der Waals surface area contributed by atoms with Crippen molar-refractivity contribution in [1.82, 2.24) is 0 Å². The Morgan fingerprint density at radius 1 is 1.11 bits per heavy atom. The summed E-state index contributed by atoms with van der Waals surface area (Å²) in [6.07, 6.45) is 0.0926. The van der Waals surface area contributed by atoms with Gasteiger partial charge in [-0.3, -0.25) is 4.79 Å². The van der Waals surface area contributed by atoms with Gasteiger partial charge in [-0.05, 0) is 43.9 Å². The molecule has 0 unspecified atom stereocenters. The van der Waals surface area contributed by atoms with Crippen molar-refractivity contribution < 1.29 is 27.6 Å². The van der Waals surface area contributed by atoms with E-state index in [1.807, 2.05) is 4.90 Å². The van der Waals surface area contributed by atoms with Gasteiger partial charge in [-0.1, -0.05) is 0 Å². The van der Waals surface area contributed by atoms with E-state index in [1.54, 1.807) is 0 Å². The Bertz CT molecular complexity index is 638. The third-order valence-corrected chi connectivity index (χ3v) is 5.17. The largest absolute Gasteiger partial charge is 0.416 e. The quantitative estimate of drug-likeness (QED) is 0.832. The van der Waals surface area contributed by atoms with Crippen LogP contribution in [0.25, 0.3) is 0 Å². The average molecular weight is 386 g/mol. The number of alkyl halides is 3. The van der Waals surface area contributed by atoms with Crippen molar-refractivity contribution in [3.05, 3.63) is 23.8 Å². The van der Waals surface area contributed by atoms with E-state index in [0.29, 0.717) is 38.5 Å². The minimum absolute atomic E-state index is 0.228. The number of halogens is 3. The van der Waals surface area contributed by atoms with E-state index >= 15 is 0 Å². The second-order valence-electron chi connectivity index (χ2n) is 7.22. The molecule has 5 nitrogen and oxygen atoms in total. The minimum atomic E-state index is -4.45. The van der Waals surface area contributed by atoms with Crippen molar-refractivity contribution in [2.45, 2.75) is 31.9 Å². The molecule has 0 radical (unpaired) electrons. The number of nitrogens with one attached hydrogen (secondary N) is 2. The Morgan fingerprint density at radius 3 is 2.41 bits per heavy atom. The maximum absolute atomic E-state index is 13.1. The van der Waals surface area contributed by atoms with Gasteiger partial charge in [-0.25, -0.2) is 0 Å². The first-order chi connectivity index (χ1) is 12.9. The fourth-order valence-corrected chi connectivity index (χ4v) is 3.72. The lowest BCUT2D eigenvalue weighted by Gasteiger charge is -2.31. The number of carbonyl (C=O) groups excluding carboxylic acids is 1. The van der Waals surface area contributed by atoms with Crippen LogP contribution in [-0.2, 0) is 15.7 Å². The zero-order valence-corrected chi connectivity index (χ0v) is 15.4. The summed E-state index contributed by atoms with van der Waals surface area (Å²) in [7, 11) is 0. The van der Waals surface area contributed by atoms with Crippen LogP contribution < -0.4 is 15.1 Å². The molecular weight excluding hydrogens is 359 g/mol. The van der Waals surface area contributed by atoms with Crippen molar-refractivity contribution in [1.29, 1.82) is 0 Å². The number of morpholine rings is 1. The summed E-state index contributed by atoms with van der Waals surface area (Å²) in [5, 5.41) is 2.75. The molecule has 2 heterocycles. The van der Waals surface area contributed by atoms with Gasteiger partial charge in [-0.2, -0.15) is 13.2 Å². The molecule has 1 aromatic carbocycles. The summed E-state index contributed by atoms with van der Waals surface area (Å²) in [5.41, 5.74) is 0.0911. The number of rotatable bonds is 4. The molecule has 0 aromatic heterocycles. The lowest BCUT2D eigenvalue weighted by Crippen LogP contribution is -3.12. The number of carbonyl (C=O) groups is 1. The third kappa shape index (κ3) is 5.59. The number of amides is 1. The van der Waals surface area contributed by atoms with E-state index in [9.17, 15) is 18.0 Å². The van der Waals surface area contributed by atoms with Crippen LogP contribution >= 0.6 is 0 Å². The normalized spacial score (nSPS) is 19.6. The van der Waals surface area contributed by atoms with Gasteiger partial charge in [0.05, 0.1) is 43.2 Å². The second kappa shape index (κ2) is 8.93. The number of anilines is 2. The lowest BCUT2D eigenvalue weighted by atomic mass is 10.1. The number of benzene rings is 1. The fraction of sp³-hybridized carbons (Fsp3) is 0.632. The standard InChI is InChI=1S/C19H26F3N3O2/c20-19(21,22)15-5-6-17(25-9-11-27-12-10-25)16(13-15)23-18(26)14-24-7-3-1-2-4-8-24/h5-6,13H,1-4,7-12,14H2,(H,23,26)/p+1. The highest BCUT2D eigenvalue weighted by Gasteiger charge is 2.32. The van der Waals surface area contributed by atoms with Gasteiger partial charge < -0.3 is 19.9 Å². The van der Waals surface area contributed by atoms with Crippen LogP contribution in [0.15, 0.2) is 18.2 Å². The van der Waals surface area contributed by atoms with E-state index in [0.717, 1.165) is 38.1 Å². The predicted octanol–water partition coefficient (Wildman–Crippen LogP) is 1.94. The summed E-state index contributed by atoms with van der Waals surface area (Å²) >= 11 is 0. The van der Waals surface area contributed by atoms with Crippen molar-refractivity contribution >= 4 is 17.3 Å². The van der Waals surface area contributed by atoms with Crippen LogP contribution in [0.5, 0.6) is 0 Å². The molecule has 27 heavy (non-hydrogen) atoms. The van der Waals surface area contributed by atoms with Gasteiger partial charge in [0.15, 0.2) is 6.54 Å². The van der Waals surface area contributed by atoms with Crippen LogP contribution in [0.1, 0.15) is 31.2 Å². The molecule has 1 amide bonds. The van der Waals surface area contributed by atoms with Gasteiger partial charge in [0.25, 0.3) is 5.91 Å². The van der Waals surface area contributed by atoms with Gasteiger partial charge in [0.1, 0.15) is 0 Å². The SMILES string of the molecule is O=C(C[NH+]1CCCCCC1)Nc1cc(C(F)(F)F)ccc1N1CCOCC1. The number of nitrogens with zero attached hydrogens (tertiary/aromatic N) is 1. The van der Waals surface area contributed by atoms with Crippen molar-refractivity contribution in [2.24, 2.45) is 0 Å². The van der Waals surface area contributed by atoms with E-state index < -0.39 is 11.7 Å². The highest BCUT2D eigenvalue weighted by Crippen LogP contribution is 2.35. The molecule has 0 aliphatic carbocycles. The molecular formula is C19H27F3N3O2+. The number of hydrogen-bond acceptors (Lipinski definition) is 3. The summed E-state index contributed by atoms with van der Waals surface area (Å²) in [5.74, 6) is -0.235. The first-order valence-corrected chi connectivity index (χ1v) is 9.61. The highest BCUT2D eigenvalue weighted by atomic mass is 19.4. The van der Waals surface area contributed by atoms with Crippen molar-refractivity contribution in [3.63, 3.8) is 0 Å². The van der Waals surface area contributed by atoms with Crippen molar-refractivity contribution in [3.8, 4) is 0 Å². The zero-order chi connectivity index (χ0) is 19.3. The van der Waals surface area contributed by atoms with Crippen molar-refractivity contribution in [2.75, 3.05) is 56.2 Å². The molecule has 0 atom stereocenters. The molecule has 8 heteroatoms. The van der Waals surface area contributed by atoms with Crippen LogP contribution in [0, 0.1) is 0 Å². The van der Waals surface area contributed by atoms with Gasteiger partial charge >= 0.3 is 6.18 Å². The van der Waals surface area contributed by atoms with Gasteiger partial charge in [-0.15, -0.1) is 0 Å². The molecule has 2 N–H and O–H groups in total. The fourth-order valence-electron chi connectivity index (χ4n) is 3.72. The van der Waals surface area contributed by atoms with Crippen LogP contribution in [0.2, 0.25) is 0 Å². The van der Waals surface area contributed by atoms with Gasteiger partial charge in [0, 0.05) is 13.1 Å². The van der Waals surface area contributed by atoms with E-state index in [2.05, 4.69) is 5.32 Å². The molecule has 2 saturated heterocycles. The number of hydrogen-bond donors (Lipinski definition) is 2. The zero-order valence-electron chi connectivity index (χ0n) is 15.4. The Morgan fingerprint density at radius 2 is 1.78 bits per heavy atom. The Kier molecular flexibility index (Phi) is 6.59. The molecule has 2 fully saturated rings. The molecule has 0 saturated carbocycles. The Balaban J connectivity index is 1.76. The summed E-state index contributed by atoms with van der Waals surface area (Å²) < 4.78 is 44.8. The molecule has 1 aromatic rings. The minimum Gasteiger partial charge on any atom is -0.378 e. The monoisotopic (exact) mass is 386 g/mol. The van der Waals surface area contributed by atoms with Crippen LogP contribution in [0.3, 0.4) is 0 Å². The van der Waals surface area contributed by atoms with E-state index in [4.69, 9.17) is 4.74 Å². The number of quaternary nitrogens is 1. The molecule has 0 spiro atoms. The summed E-state index contributed by atoms with van der Waals surface area (Å²) in [6.45, 7) is 4.38. The highest BCUT2D eigenvalue weighted by molar-refractivity contribution is 5.95. The maximum Gasteiger partial charge on any atom is 0.416 e. The topological polar surface area (TPSA) is 46.0 Å². The lowest BCUT2D eigenvalue weighted by molar-refractivity contribution is -0.890. The average Bonchev–Trinajstić information content (AvgIpc) is 2.90. The van der Waals surface area contributed by atoms with E-state index in [1.165, 1.54) is 23.8 Å². The number of ether oxygens (including phenoxy) is 1. The molecule has 2 aliphatic heterocycles. The van der Waals surface area contributed by atoms with E-state index in [-0.39, 0.29) is 11.6 Å².